The standard InChI is InChI=1S/C7H8N2O4.C2H6/c1-5-2-3-6(8-13-12)4-7(5)9(10)11;1-2/h2-4,8,12H,1H3;1-2H3. The molecule has 2 N–H and O–H groups in total. The molecule has 1 aromatic carbocycles. The van der Waals surface area contributed by atoms with Gasteiger partial charge < -0.3 is 0 Å². The zero-order valence-electron chi connectivity index (χ0n) is 8.85. The number of nitro groups is 1. The van der Waals surface area contributed by atoms with E-state index in [1.54, 1.807) is 19.1 Å². The SMILES string of the molecule is CC.Cc1ccc(NOO)cc1[N+](=O)[O-]. The molecule has 6 heteroatoms. The second-order valence-corrected chi connectivity index (χ2v) is 2.45. The quantitative estimate of drug-likeness (QED) is 0.459. The molecular weight excluding hydrogens is 200 g/mol. The molecule has 0 aliphatic rings. The Bertz CT molecular complexity index is 328. The van der Waals surface area contributed by atoms with Crippen LogP contribution in [0.2, 0.25) is 0 Å². The van der Waals surface area contributed by atoms with Crippen molar-refractivity contribution >= 4 is 11.4 Å². The van der Waals surface area contributed by atoms with Gasteiger partial charge in [0.2, 0.25) is 0 Å². The molecule has 0 bridgehead atoms. The molecule has 0 unspecified atom stereocenters. The Balaban J connectivity index is 0.000000921. The Labute approximate surface area is 87.5 Å². The fourth-order valence-electron chi connectivity index (χ4n) is 0.922. The Morgan fingerprint density at radius 1 is 1.47 bits per heavy atom. The Hall–Kier alpha value is -1.66. The van der Waals surface area contributed by atoms with Crippen LogP contribution in [0.3, 0.4) is 0 Å². The van der Waals surface area contributed by atoms with Crippen LogP contribution < -0.4 is 5.48 Å². The van der Waals surface area contributed by atoms with E-state index in [-0.39, 0.29) is 5.69 Å². The Morgan fingerprint density at radius 3 is 2.53 bits per heavy atom. The maximum absolute atomic E-state index is 10.5. The lowest BCUT2D eigenvalue weighted by Gasteiger charge is -2.01. The van der Waals surface area contributed by atoms with Gasteiger partial charge in [-0.2, -0.15) is 0 Å². The predicted molar refractivity (Wildman–Crippen MR) is 56.5 cm³/mol. The molecule has 0 heterocycles. The third-order valence-electron chi connectivity index (χ3n) is 1.57. The molecule has 0 atom stereocenters. The molecule has 1 aromatic rings. The number of aryl methyl sites for hydroxylation is 1. The smallest absolute Gasteiger partial charge is 0.258 e. The molecule has 1 rings (SSSR count). The van der Waals surface area contributed by atoms with Crippen molar-refractivity contribution in [2.24, 2.45) is 0 Å². The second-order valence-electron chi connectivity index (χ2n) is 2.45. The van der Waals surface area contributed by atoms with Crippen LogP contribution >= 0.6 is 0 Å². The first kappa shape index (κ1) is 13.3. The fraction of sp³-hybridized carbons (Fsp3) is 0.333. The monoisotopic (exact) mass is 214 g/mol. The van der Waals surface area contributed by atoms with Gasteiger partial charge in [-0.15, -0.1) is 4.99 Å². The number of benzene rings is 1. The number of hydrogen-bond acceptors (Lipinski definition) is 5. The number of nitrogens with one attached hydrogen (secondary N) is 1. The van der Waals surface area contributed by atoms with Gasteiger partial charge in [0.1, 0.15) is 0 Å². The number of rotatable bonds is 3. The topological polar surface area (TPSA) is 84.6 Å². The van der Waals surface area contributed by atoms with E-state index < -0.39 is 4.92 Å². The van der Waals surface area contributed by atoms with Crippen LogP contribution in [0.1, 0.15) is 19.4 Å². The summed E-state index contributed by atoms with van der Waals surface area (Å²) >= 11 is 0. The fourth-order valence-corrected chi connectivity index (χ4v) is 0.922. The first-order chi connectivity index (χ1) is 7.15. The normalized spacial score (nSPS) is 8.80. The molecule has 84 valence electrons. The number of hydrogen-bond donors (Lipinski definition) is 2. The van der Waals surface area contributed by atoms with Gasteiger partial charge in [0.15, 0.2) is 0 Å². The highest BCUT2D eigenvalue weighted by atomic mass is 17.2. The van der Waals surface area contributed by atoms with Gasteiger partial charge in [-0.3, -0.25) is 10.1 Å². The van der Waals surface area contributed by atoms with Crippen LogP contribution in [-0.4, -0.2) is 10.2 Å². The van der Waals surface area contributed by atoms with Crippen LogP contribution in [0.4, 0.5) is 11.4 Å². The van der Waals surface area contributed by atoms with E-state index in [9.17, 15) is 10.1 Å². The first-order valence-corrected chi connectivity index (χ1v) is 4.46. The summed E-state index contributed by atoms with van der Waals surface area (Å²) in [5.41, 5.74) is 2.92. The van der Waals surface area contributed by atoms with Crippen LogP contribution in [0.15, 0.2) is 18.2 Å². The third kappa shape index (κ3) is 3.92. The van der Waals surface area contributed by atoms with Crippen molar-refractivity contribution in [3.8, 4) is 0 Å². The molecule has 6 nitrogen and oxygen atoms in total. The molecule has 0 aromatic heterocycles. The van der Waals surface area contributed by atoms with Crippen molar-refractivity contribution in [3.05, 3.63) is 33.9 Å². The zero-order valence-corrected chi connectivity index (χ0v) is 8.85. The van der Waals surface area contributed by atoms with E-state index in [1.807, 2.05) is 13.8 Å². The summed E-state index contributed by atoms with van der Waals surface area (Å²) in [5, 5.41) is 18.5. The summed E-state index contributed by atoms with van der Waals surface area (Å²) in [4.78, 5) is 13.6. The van der Waals surface area contributed by atoms with Gasteiger partial charge in [0, 0.05) is 11.6 Å². The van der Waals surface area contributed by atoms with E-state index >= 15 is 0 Å². The molecule has 0 saturated carbocycles. The minimum Gasteiger partial charge on any atom is -0.258 e. The number of nitrogens with zero attached hydrogens (tertiary/aromatic N) is 1. The molecule has 0 radical (unpaired) electrons. The van der Waals surface area contributed by atoms with Crippen molar-refractivity contribution in [2.75, 3.05) is 5.48 Å². The Kier molecular flexibility index (Phi) is 6.00. The zero-order chi connectivity index (χ0) is 11.8. The van der Waals surface area contributed by atoms with E-state index in [0.29, 0.717) is 11.3 Å². The largest absolute Gasteiger partial charge is 0.274 e. The van der Waals surface area contributed by atoms with Crippen LogP contribution in [0.25, 0.3) is 0 Å². The summed E-state index contributed by atoms with van der Waals surface area (Å²) in [6.45, 7) is 5.63. The minimum absolute atomic E-state index is 0.0259. The average molecular weight is 214 g/mol. The molecule has 15 heavy (non-hydrogen) atoms. The van der Waals surface area contributed by atoms with Crippen molar-refractivity contribution in [1.29, 1.82) is 0 Å². The Morgan fingerprint density at radius 2 is 2.07 bits per heavy atom. The molecule has 0 aliphatic carbocycles. The van der Waals surface area contributed by atoms with E-state index in [1.165, 1.54) is 6.07 Å². The molecule has 0 saturated heterocycles. The van der Waals surface area contributed by atoms with Crippen LogP contribution in [0, 0.1) is 17.0 Å². The molecule has 0 aliphatic heterocycles. The van der Waals surface area contributed by atoms with Crippen LogP contribution in [0.5, 0.6) is 0 Å². The first-order valence-electron chi connectivity index (χ1n) is 4.46. The van der Waals surface area contributed by atoms with Gasteiger partial charge in [-0.05, 0) is 13.0 Å². The van der Waals surface area contributed by atoms with Gasteiger partial charge >= 0.3 is 0 Å². The molecular formula is C9H14N2O4. The summed E-state index contributed by atoms with van der Waals surface area (Å²) < 4.78 is 0. The van der Waals surface area contributed by atoms with Crippen molar-refractivity contribution in [1.82, 2.24) is 0 Å². The summed E-state index contributed by atoms with van der Waals surface area (Å²) in [6.07, 6.45) is 0. The summed E-state index contributed by atoms with van der Waals surface area (Å²) in [6, 6.07) is 4.38. The highest BCUT2D eigenvalue weighted by Gasteiger charge is 2.10. The molecule has 0 spiro atoms. The lowest BCUT2D eigenvalue weighted by atomic mass is 10.2. The van der Waals surface area contributed by atoms with Crippen LogP contribution in [-0.2, 0) is 4.99 Å². The van der Waals surface area contributed by atoms with E-state index in [4.69, 9.17) is 5.26 Å². The summed E-state index contributed by atoms with van der Waals surface area (Å²) in [5.74, 6) is 0. The van der Waals surface area contributed by atoms with Gasteiger partial charge in [-0.25, -0.2) is 10.7 Å². The highest BCUT2D eigenvalue weighted by Crippen LogP contribution is 2.21. The van der Waals surface area contributed by atoms with Crippen molar-refractivity contribution in [3.63, 3.8) is 0 Å². The van der Waals surface area contributed by atoms with E-state index in [2.05, 4.69) is 10.5 Å². The minimum atomic E-state index is -0.502. The van der Waals surface area contributed by atoms with Crippen molar-refractivity contribution in [2.45, 2.75) is 20.8 Å². The van der Waals surface area contributed by atoms with Gasteiger partial charge in [-0.1, -0.05) is 19.9 Å². The molecule has 0 fully saturated rings. The third-order valence-corrected chi connectivity index (χ3v) is 1.57. The van der Waals surface area contributed by atoms with Gasteiger partial charge in [0.05, 0.1) is 10.6 Å². The average Bonchev–Trinajstić information content (AvgIpc) is 2.24. The van der Waals surface area contributed by atoms with E-state index in [0.717, 1.165) is 0 Å². The maximum atomic E-state index is 10.5. The maximum Gasteiger partial charge on any atom is 0.274 e. The second kappa shape index (κ2) is 6.74. The van der Waals surface area contributed by atoms with Crippen molar-refractivity contribution < 1.29 is 15.2 Å². The lowest BCUT2D eigenvalue weighted by molar-refractivity contribution is -0.385. The predicted octanol–water partition coefficient (Wildman–Crippen LogP) is 2.75. The van der Waals surface area contributed by atoms with Gasteiger partial charge in [0.25, 0.3) is 5.69 Å². The highest BCUT2D eigenvalue weighted by molar-refractivity contribution is 5.53. The number of anilines is 1. The number of nitro benzene ring substituents is 1. The molecule has 0 amide bonds. The lowest BCUT2D eigenvalue weighted by Crippen LogP contribution is -1.98. The summed E-state index contributed by atoms with van der Waals surface area (Å²) in [7, 11) is 0.